The number of methoxy groups -OCH3 is 1. The molecular formula is C39H38N6O3S. The quantitative estimate of drug-likeness (QED) is 0.150. The number of thiophene rings is 1. The van der Waals surface area contributed by atoms with Crippen molar-refractivity contribution in [2.75, 3.05) is 13.7 Å². The molecule has 1 aliphatic carbocycles. The van der Waals surface area contributed by atoms with Gasteiger partial charge in [-0.3, -0.25) is 4.79 Å². The molecule has 2 atom stereocenters. The third kappa shape index (κ3) is 6.24. The highest BCUT2D eigenvalue weighted by molar-refractivity contribution is 7.22. The van der Waals surface area contributed by atoms with Crippen LogP contribution in [0.3, 0.4) is 0 Å². The van der Waals surface area contributed by atoms with Gasteiger partial charge in [-0.25, -0.2) is 14.8 Å². The summed E-state index contributed by atoms with van der Waals surface area (Å²) in [6.45, 7) is 0.584. The van der Waals surface area contributed by atoms with Crippen molar-refractivity contribution in [1.82, 2.24) is 30.2 Å². The van der Waals surface area contributed by atoms with Crippen molar-refractivity contribution in [3.05, 3.63) is 108 Å². The van der Waals surface area contributed by atoms with E-state index in [-0.39, 0.29) is 11.9 Å². The Balaban J connectivity index is 0.981. The summed E-state index contributed by atoms with van der Waals surface area (Å²) in [5.74, 6) is 2.25. The van der Waals surface area contributed by atoms with Crippen LogP contribution in [0.25, 0.3) is 43.0 Å². The Morgan fingerprint density at radius 1 is 0.837 bits per heavy atom. The van der Waals surface area contributed by atoms with Crippen LogP contribution in [0.5, 0.6) is 0 Å². The first-order valence-electron chi connectivity index (χ1n) is 17.0. The third-order valence-electron chi connectivity index (χ3n) is 9.92. The highest BCUT2D eigenvalue weighted by Crippen LogP contribution is 2.38. The number of likely N-dealkylation sites (tertiary alicyclic amines) is 1. The van der Waals surface area contributed by atoms with Gasteiger partial charge in [0.05, 0.1) is 36.9 Å². The number of carbonyl (C=O) groups is 2. The van der Waals surface area contributed by atoms with Crippen LogP contribution < -0.4 is 5.32 Å². The fraction of sp³-hybridized carbons (Fsp3) is 0.282. The number of ether oxygens (including phenoxy) is 1. The lowest BCUT2D eigenvalue weighted by Crippen LogP contribution is -2.42. The first kappa shape index (κ1) is 31.1. The van der Waals surface area contributed by atoms with Crippen molar-refractivity contribution in [3.63, 3.8) is 0 Å². The van der Waals surface area contributed by atoms with Crippen LogP contribution in [0, 0.1) is 0 Å². The lowest BCUT2D eigenvalue weighted by Gasteiger charge is -2.28. The molecule has 8 rings (SSSR count). The summed E-state index contributed by atoms with van der Waals surface area (Å²) >= 11 is 1.80. The molecule has 4 heterocycles. The lowest BCUT2D eigenvalue weighted by atomic mass is 10.1. The second-order valence-electron chi connectivity index (χ2n) is 13.0. The molecule has 2 fully saturated rings. The summed E-state index contributed by atoms with van der Waals surface area (Å²) in [5.41, 5.74) is 6.03. The van der Waals surface area contributed by atoms with Crippen LogP contribution in [-0.2, 0) is 9.53 Å². The molecule has 0 bridgehead atoms. The molecule has 3 N–H and O–H groups in total. The van der Waals surface area contributed by atoms with Gasteiger partial charge < -0.3 is 24.9 Å². The van der Waals surface area contributed by atoms with Gasteiger partial charge in [0.15, 0.2) is 0 Å². The predicted octanol–water partition coefficient (Wildman–Crippen LogP) is 8.77. The van der Waals surface area contributed by atoms with E-state index in [4.69, 9.17) is 14.7 Å². The number of benzene rings is 3. The van der Waals surface area contributed by atoms with Crippen LogP contribution in [0.1, 0.15) is 73.7 Å². The average molecular weight is 671 g/mol. The van der Waals surface area contributed by atoms with Crippen LogP contribution >= 0.6 is 11.3 Å². The maximum Gasteiger partial charge on any atom is 0.407 e. The van der Waals surface area contributed by atoms with E-state index in [2.05, 4.69) is 63.8 Å². The zero-order valence-electron chi connectivity index (χ0n) is 27.3. The zero-order valence-corrected chi connectivity index (χ0v) is 28.1. The monoisotopic (exact) mass is 670 g/mol. The summed E-state index contributed by atoms with van der Waals surface area (Å²) in [6, 6.07) is 25.6. The number of nitrogens with one attached hydrogen (secondary N) is 3. The highest BCUT2D eigenvalue weighted by atomic mass is 32.1. The van der Waals surface area contributed by atoms with Gasteiger partial charge in [0.2, 0.25) is 0 Å². The smallest absolute Gasteiger partial charge is 0.407 e. The Morgan fingerprint density at radius 3 is 2.31 bits per heavy atom. The summed E-state index contributed by atoms with van der Waals surface area (Å²) in [5, 5.41) is 3.95. The Labute approximate surface area is 288 Å². The molecule has 2 amide bonds. The molecule has 6 aromatic rings. The fourth-order valence-electron chi connectivity index (χ4n) is 7.29. The summed E-state index contributed by atoms with van der Waals surface area (Å²) < 4.78 is 6.07. The number of amides is 2. The van der Waals surface area contributed by atoms with Gasteiger partial charge in [0.25, 0.3) is 5.91 Å². The van der Waals surface area contributed by atoms with E-state index < -0.39 is 12.1 Å². The molecule has 3 aromatic carbocycles. The average Bonchev–Trinajstić information content (AvgIpc) is 3.99. The minimum absolute atomic E-state index is 0.185. The van der Waals surface area contributed by atoms with Crippen molar-refractivity contribution in [2.45, 2.75) is 56.5 Å². The molecule has 0 unspecified atom stereocenters. The summed E-state index contributed by atoms with van der Waals surface area (Å²) in [4.78, 5) is 45.5. The summed E-state index contributed by atoms with van der Waals surface area (Å²) in [7, 11) is 1.30. The molecule has 0 radical (unpaired) electrons. The molecule has 3 aromatic heterocycles. The normalized spacial score (nSPS) is 17.1. The standard InChI is InChI=1S/C39H38N6O3S/c1-48-39(47)44-35(26-8-3-2-4-9-26)38(46)45-19-7-12-32(45)37-41-22-30(43-37)24-13-15-25(16-14-24)33-21-29-18-17-28(20-34(29)49-33)31-23-40-36(42-31)27-10-5-6-11-27/h2-4,8-9,13-18,20-23,27,32,35H,5-7,10-12,19H2,1H3,(H,40,42)(H,41,43)(H,44,47)/t32-,35+/m0/s1. The number of fused-ring (bicyclic) bond motifs is 1. The van der Waals surface area contributed by atoms with Gasteiger partial charge in [-0.05, 0) is 59.9 Å². The predicted molar refractivity (Wildman–Crippen MR) is 192 cm³/mol. The molecule has 1 aliphatic heterocycles. The SMILES string of the molecule is COC(=O)N[C@@H](C(=O)N1CCC[C@H]1c1ncc(-c2ccc(-c3cc4ccc(-c5cnc(C6CCCC6)[nH]5)cc4s3)cc2)[nH]1)c1ccccc1. The number of H-pyrrole nitrogens is 2. The van der Waals surface area contributed by atoms with Crippen LogP contribution in [0.4, 0.5) is 4.79 Å². The van der Waals surface area contributed by atoms with Crippen molar-refractivity contribution >= 4 is 33.4 Å². The van der Waals surface area contributed by atoms with Crippen molar-refractivity contribution in [2.24, 2.45) is 0 Å². The molecule has 2 aliphatic rings. The van der Waals surface area contributed by atoms with Gasteiger partial charge in [-0.15, -0.1) is 11.3 Å². The van der Waals surface area contributed by atoms with E-state index in [0.29, 0.717) is 18.0 Å². The largest absolute Gasteiger partial charge is 0.453 e. The Hall–Kier alpha value is -5.22. The minimum atomic E-state index is -0.850. The highest BCUT2D eigenvalue weighted by Gasteiger charge is 2.37. The number of aromatic nitrogens is 4. The first-order valence-corrected chi connectivity index (χ1v) is 17.8. The second kappa shape index (κ2) is 13.4. The number of carbonyl (C=O) groups excluding carboxylic acids is 2. The molecule has 9 nitrogen and oxygen atoms in total. The number of nitrogens with zero attached hydrogens (tertiary/aromatic N) is 3. The topological polar surface area (TPSA) is 116 Å². The van der Waals surface area contributed by atoms with Crippen LogP contribution in [0.2, 0.25) is 0 Å². The molecule has 0 spiro atoms. The Morgan fingerprint density at radius 2 is 1.53 bits per heavy atom. The Bertz CT molecular complexity index is 2090. The number of rotatable bonds is 8. The van der Waals surface area contributed by atoms with Gasteiger partial charge in [0, 0.05) is 27.6 Å². The minimum Gasteiger partial charge on any atom is -0.453 e. The number of alkyl carbamates (subject to hydrolysis) is 1. The zero-order chi connectivity index (χ0) is 33.3. The van der Waals surface area contributed by atoms with Gasteiger partial charge >= 0.3 is 6.09 Å². The lowest BCUT2D eigenvalue weighted by molar-refractivity contribution is -0.134. The third-order valence-corrected chi connectivity index (χ3v) is 11.1. The number of imidazole rings is 2. The van der Waals surface area contributed by atoms with E-state index in [1.165, 1.54) is 53.3 Å². The first-order chi connectivity index (χ1) is 24.0. The molecule has 49 heavy (non-hydrogen) atoms. The number of hydrogen-bond donors (Lipinski definition) is 3. The second-order valence-corrected chi connectivity index (χ2v) is 14.0. The molecule has 1 saturated heterocycles. The molecule has 248 valence electrons. The Kier molecular flexibility index (Phi) is 8.47. The number of aromatic amines is 2. The van der Waals surface area contributed by atoms with Gasteiger partial charge in [-0.1, -0.05) is 79.6 Å². The molecule has 1 saturated carbocycles. The van der Waals surface area contributed by atoms with E-state index in [9.17, 15) is 9.59 Å². The van der Waals surface area contributed by atoms with Crippen molar-refractivity contribution < 1.29 is 14.3 Å². The van der Waals surface area contributed by atoms with Gasteiger partial charge in [0.1, 0.15) is 17.7 Å². The molecular weight excluding hydrogens is 633 g/mol. The van der Waals surface area contributed by atoms with Gasteiger partial charge in [-0.2, -0.15) is 0 Å². The maximum atomic E-state index is 13.8. The number of hydrogen-bond acceptors (Lipinski definition) is 6. The van der Waals surface area contributed by atoms with E-state index in [0.717, 1.165) is 47.0 Å². The van der Waals surface area contributed by atoms with Crippen molar-refractivity contribution in [3.8, 4) is 33.0 Å². The van der Waals surface area contributed by atoms with E-state index in [1.54, 1.807) is 11.3 Å². The van der Waals surface area contributed by atoms with E-state index in [1.807, 2.05) is 47.6 Å². The van der Waals surface area contributed by atoms with Crippen LogP contribution in [0.15, 0.2) is 91.3 Å². The van der Waals surface area contributed by atoms with Crippen LogP contribution in [-0.4, -0.2) is 50.5 Å². The summed E-state index contributed by atoms with van der Waals surface area (Å²) in [6.07, 6.45) is 9.85. The molecule has 10 heteroatoms. The van der Waals surface area contributed by atoms with Crippen molar-refractivity contribution in [1.29, 1.82) is 0 Å². The van der Waals surface area contributed by atoms with E-state index >= 15 is 0 Å². The fourth-order valence-corrected chi connectivity index (χ4v) is 8.40. The maximum absolute atomic E-state index is 13.8.